The van der Waals surface area contributed by atoms with Gasteiger partial charge in [-0.05, 0) is 61.9 Å². The topological polar surface area (TPSA) is 84.9 Å². The first-order valence-corrected chi connectivity index (χ1v) is 12.5. The standard InChI is InChI=1S/C25H27ClN2O5S/c1-4-33-21-10-7-19(8-11-21)16-27-25(29)17-28(23-15-20(26)9-14-24(23)32-3)34(30,31)22-12-5-18(2)6-13-22/h5-15H,4,16-17H2,1-3H3,(H,27,29). The first-order chi connectivity index (χ1) is 16.2. The van der Waals surface area contributed by atoms with Crippen molar-refractivity contribution in [3.05, 3.63) is 82.9 Å². The van der Waals surface area contributed by atoms with Crippen LogP contribution >= 0.6 is 11.6 Å². The Labute approximate surface area is 205 Å². The highest BCUT2D eigenvalue weighted by Gasteiger charge is 2.29. The average molecular weight is 503 g/mol. The molecule has 0 radical (unpaired) electrons. The van der Waals surface area contributed by atoms with Crippen molar-refractivity contribution in [2.24, 2.45) is 0 Å². The summed E-state index contributed by atoms with van der Waals surface area (Å²) in [7, 11) is -2.67. The van der Waals surface area contributed by atoms with Gasteiger partial charge < -0.3 is 14.8 Å². The summed E-state index contributed by atoms with van der Waals surface area (Å²) in [5.74, 6) is 0.534. The van der Waals surface area contributed by atoms with Gasteiger partial charge in [-0.1, -0.05) is 41.4 Å². The lowest BCUT2D eigenvalue weighted by atomic mass is 10.2. The molecule has 3 aromatic carbocycles. The number of aryl methyl sites for hydroxylation is 1. The van der Waals surface area contributed by atoms with E-state index >= 15 is 0 Å². The number of methoxy groups -OCH3 is 1. The Balaban J connectivity index is 1.87. The Hall–Kier alpha value is -3.23. The lowest BCUT2D eigenvalue weighted by Gasteiger charge is -2.26. The van der Waals surface area contributed by atoms with Crippen LogP contribution in [0.15, 0.2) is 71.6 Å². The molecule has 0 heterocycles. The second kappa shape index (κ2) is 11.3. The summed E-state index contributed by atoms with van der Waals surface area (Å²) in [6.45, 7) is 4.11. The molecular weight excluding hydrogens is 476 g/mol. The Morgan fingerprint density at radius 3 is 2.32 bits per heavy atom. The van der Waals surface area contributed by atoms with E-state index in [4.69, 9.17) is 21.1 Å². The number of anilines is 1. The van der Waals surface area contributed by atoms with Crippen LogP contribution in [-0.2, 0) is 21.4 Å². The van der Waals surface area contributed by atoms with Crippen LogP contribution in [0.4, 0.5) is 5.69 Å². The third kappa shape index (κ3) is 6.21. The van der Waals surface area contributed by atoms with E-state index in [1.54, 1.807) is 24.3 Å². The van der Waals surface area contributed by atoms with E-state index in [9.17, 15) is 13.2 Å². The molecule has 34 heavy (non-hydrogen) atoms. The molecule has 0 aliphatic carbocycles. The molecule has 3 rings (SSSR count). The summed E-state index contributed by atoms with van der Waals surface area (Å²) < 4.78 is 38.9. The minimum atomic E-state index is -4.09. The fourth-order valence-corrected chi connectivity index (χ4v) is 4.84. The average Bonchev–Trinajstić information content (AvgIpc) is 2.82. The van der Waals surface area contributed by atoms with Crippen LogP contribution < -0.4 is 19.1 Å². The van der Waals surface area contributed by atoms with Gasteiger partial charge in [-0.25, -0.2) is 8.42 Å². The predicted octanol–water partition coefficient (Wildman–Crippen LogP) is 4.57. The fraction of sp³-hybridized carbons (Fsp3) is 0.240. The van der Waals surface area contributed by atoms with Gasteiger partial charge in [-0.15, -0.1) is 0 Å². The highest BCUT2D eigenvalue weighted by Crippen LogP contribution is 2.34. The van der Waals surface area contributed by atoms with Crippen molar-refractivity contribution >= 4 is 33.2 Å². The molecule has 0 aliphatic rings. The van der Waals surface area contributed by atoms with Crippen LogP contribution in [0.25, 0.3) is 0 Å². The lowest BCUT2D eigenvalue weighted by molar-refractivity contribution is -0.119. The van der Waals surface area contributed by atoms with Gasteiger partial charge in [0.05, 0.1) is 24.3 Å². The van der Waals surface area contributed by atoms with Gasteiger partial charge in [0.25, 0.3) is 10.0 Å². The predicted molar refractivity (Wildman–Crippen MR) is 133 cm³/mol. The molecule has 0 saturated heterocycles. The van der Waals surface area contributed by atoms with E-state index in [2.05, 4.69) is 5.32 Å². The number of rotatable bonds is 10. The van der Waals surface area contributed by atoms with Gasteiger partial charge in [0, 0.05) is 11.6 Å². The molecule has 1 amide bonds. The molecule has 0 bridgehead atoms. The first kappa shape index (κ1) is 25.4. The number of nitrogens with one attached hydrogen (secondary N) is 1. The van der Waals surface area contributed by atoms with Crippen molar-refractivity contribution in [3.8, 4) is 11.5 Å². The van der Waals surface area contributed by atoms with Gasteiger partial charge >= 0.3 is 0 Å². The summed E-state index contributed by atoms with van der Waals surface area (Å²) in [5.41, 5.74) is 1.94. The Morgan fingerprint density at radius 2 is 1.71 bits per heavy atom. The maximum Gasteiger partial charge on any atom is 0.264 e. The lowest BCUT2D eigenvalue weighted by Crippen LogP contribution is -2.40. The van der Waals surface area contributed by atoms with Crippen LogP contribution in [0, 0.1) is 6.92 Å². The maximum absolute atomic E-state index is 13.6. The van der Waals surface area contributed by atoms with E-state index in [0.717, 1.165) is 21.2 Å². The van der Waals surface area contributed by atoms with Gasteiger partial charge in [0.2, 0.25) is 5.91 Å². The van der Waals surface area contributed by atoms with Crippen molar-refractivity contribution in [1.29, 1.82) is 0 Å². The van der Waals surface area contributed by atoms with Gasteiger partial charge in [0.1, 0.15) is 18.0 Å². The molecule has 9 heteroatoms. The normalized spacial score (nSPS) is 11.1. The second-order valence-electron chi connectivity index (χ2n) is 7.49. The Kier molecular flexibility index (Phi) is 8.41. The molecule has 0 aromatic heterocycles. The maximum atomic E-state index is 13.6. The van der Waals surface area contributed by atoms with Gasteiger partial charge in [-0.3, -0.25) is 9.10 Å². The number of benzene rings is 3. The second-order valence-corrected chi connectivity index (χ2v) is 9.79. The molecular formula is C25H27ClN2O5S. The van der Waals surface area contributed by atoms with Crippen molar-refractivity contribution in [1.82, 2.24) is 5.32 Å². The number of ether oxygens (including phenoxy) is 2. The number of carbonyl (C=O) groups excluding carboxylic acids is 1. The van der Waals surface area contributed by atoms with Gasteiger partial charge in [0.15, 0.2) is 0 Å². The molecule has 0 atom stereocenters. The van der Waals surface area contributed by atoms with Crippen LogP contribution in [0.1, 0.15) is 18.1 Å². The number of hydrogen-bond donors (Lipinski definition) is 1. The molecule has 180 valence electrons. The zero-order valence-corrected chi connectivity index (χ0v) is 20.8. The summed E-state index contributed by atoms with van der Waals surface area (Å²) >= 11 is 6.16. The van der Waals surface area contributed by atoms with E-state index < -0.39 is 22.5 Å². The summed E-state index contributed by atoms with van der Waals surface area (Å²) in [6, 6.07) is 18.3. The monoisotopic (exact) mass is 502 g/mol. The molecule has 0 spiro atoms. The number of carbonyl (C=O) groups is 1. The third-order valence-electron chi connectivity index (χ3n) is 5.03. The van der Waals surface area contributed by atoms with Crippen molar-refractivity contribution < 1.29 is 22.7 Å². The molecule has 3 aromatic rings. The molecule has 0 fully saturated rings. The smallest absolute Gasteiger partial charge is 0.264 e. The number of amides is 1. The summed E-state index contributed by atoms with van der Waals surface area (Å²) in [4.78, 5) is 12.9. The zero-order valence-electron chi connectivity index (χ0n) is 19.2. The van der Waals surface area contributed by atoms with Crippen LogP contribution in [-0.4, -0.2) is 34.6 Å². The van der Waals surface area contributed by atoms with E-state index in [1.165, 1.54) is 25.3 Å². The van der Waals surface area contributed by atoms with Crippen LogP contribution in [0.2, 0.25) is 5.02 Å². The highest BCUT2D eigenvalue weighted by molar-refractivity contribution is 7.92. The van der Waals surface area contributed by atoms with Crippen molar-refractivity contribution in [2.45, 2.75) is 25.3 Å². The molecule has 0 unspecified atom stereocenters. The molecule has 0 aliphatic heterocycles. The third-order valence-corrected chi connectivity index (χ3v) is 7.04. The van der Waals surface area contributed by atoms with Crippen LogP contribution in [0.3, 0.4) is 0 Å². The summed E-state index contributed by atoms with van der Waals surface area (Å²) in [5, 5.41) is 3.09. The van der Waals surface area contributed by atoms with E-state index in [-0.39, 0.29) is 22.9 Å². The Morgan fingerprint density at radius 1 is 1.03 bits per heavy atom. The SMILES string of the molecule is CCOc1ccc(CNC(=O)CN(c2cc(Cl)ccc2OC)S(=O)(=O)c2ccc(C)cc2)cc1. The molecule has 0 saturated carbocycles. The number of nitrogens with zero attached hydrogens (tertiary/aromatic N) is 1. The van der Waals surface area contributed by atoms with E-state index in [0.29, 0.717) is 11.6 Å². The molecule has 7 nitrogen and oxygen atoms in total. The van der Waals surface area contributed by atoms with Crippen LogP contribution in [0.5, 0.6) is 11.5 Å². The molecule has 1 N–H and O–H groups in total. The minimum absolute atomic E-state index is 0.0550. The Bertz CT molecular complexity index is 1230. The quantitative estimate of drug-likeness (QED) is 0.439. The largest absolute Gasteiger partial charge is 0.495 e. The number of sulfonamides is 1. The minimum Gasteiger partial charge on any atom is -0.495 e. The summed E-state index contributed by atoms with van der Waals surface area (Å²) in [6.07, 6.45) is 0. The fourth-order valence-electron chi connectivity index (χ4n) is 3.25. The number of halogens is 1. The first-order valence-electron chi connectivity index (χ1n) is 10.7. The highest BCUT2D eigenvalue weighted by atomic mass is 35.5. The van der Waals surface area contributed by atoms with Crippen molar-refractivity contribution in [3.63, 3.8) is 0 Å². The number of hydrogen-bond acceptors (Lipinski definition) is 5. The van der Waals surface area contributed by atoms with Crippen molar-refractivity contribution in [2.75, 3.05) is 24.6 Å². The van der Waals surface area contributed by atoms with E-state index in [1.807, 2.05) is 38.1 Å². The zero-order chi connectivity index (χ0) is 24.7. The van der Waals surface area contributed by atoms with Gasteiger partial charge in [-0.2, -0.15) is 0 Å².